The summed E-state index contributed by atoms with van der Waals surface area (Å²) in [4.78, 5) is 2.15. The van der Waals surface area contributed by atoms with Gasteiger partial charge >= 0.3 is 0 Å². The molecule has 0 fully saturated rings. The van der Waals surface area contributed by atoms with Crippen LogP contribution in [0.3, 0.4) is 0 Å². The molecule has 0 saturated heterocycles. The van der Waals surface area contributed by atoms with Gasteiger partial charge in [-0.3, -0.25) is 0 Å². The van der Waals surface area contributed by atoms with Gasteiger partial charge in [0.25, 0.3) is 0 Å². The molecule has 4 nitrogen and oxygen atoms in total. The summed E-state index contributed by atoms with van der Waals surface area (Å²) in [6.45, 7) is 2.64. The van der Waals surface area contributed by atoms with Crippen molar-refractivity contribution >= 4 is 34.6 Å². The average molecular weight is 378 g/mol. The molecule has 0 spiro atoms. The quantitative estimate of drug-likeness (QED) is 0.736. The fourth-order valence-corrected chi connectivity index (χ4v) is 2.91. The lowest BCUT2D eigenvalue weighted by atomic mass is 10.1. The molecule has 2 aromatic rings. The van der Waals surface area contributed by atoms with Crippen LogP contribution < -0.4 is 15.4 Å². The highest BCUT2D eigenvalue weighted by atomic mass is 35.5. The molecule has 1 atom stereocenters. The second-order valence-electron chi connectivity index (χ2n) is 6.00. The summed E-state index contributed by atoms with van der Waals surface area (Å²) in [6, 6.07) is 14.0. The van der Waals surface area contributed by atoms with Gasteiger partial charge < -0.3 is 20.3 Å². The van der Waals surface area contributed by atoms with E-state index in [4.69, 9.17) is 28.6 Å². The number of hydrogen-bond acceptors (Lipinski definition) is 3. The molecule has 0 aromatic heterocycles. The summed E-state index contributed by atoms with van der Waals surface area (Å²) in [5.74, 6) is 0.847. The predicted octanol–water partition coefficient (Wildman–Crippen LogP) is 4.25. The van der Waals surface area contributed by atoms with Crippen LogP contribution in [-0.4, -0.2) is 37.8 Å². The van der Waals surface area contributed by atoms with Gasteiger partial charge in [0.15, 0.2) is 5.11 Å². The molecule has 0 saturated carbocycles. The summed E-state index contributed by atoms with van der Waals surface area (Å²) >= 11 is 11.6. The SMILES string of the molecule is COc1cccc([C@H](CNC(=S)Nc2cccc(Cl)c2C)N(C)C)c1. The van der Waals surface area contributed by atoms with Crippen molar-refractivity contribution in [2.24, 2.45) is 0 Å². The van der Waals surface area contributed by atoms with Gasteiger partial charge in [-0.1, -0.05) is 29.8 Å². The zero-order valence-corrected chi connectivity index (χ0v) is 16.5. The Bertz CT molecular complexity index is 736. The first-order chi connectivity index (χ1) is 11.9. The van der Waals surface area contributed by atoms with Crippen LogP contribution in [-0.2, 0) is 0 Å². The number of nitrogens with one attached hydrogen (secondary N) is 2. The van der Waals surface area contributed by atoms with Crippen LogP contribution in [0.2, 0.25) is 5.02 Å². The number of rotatable bonds is 6. The van der Waals surface area contributed by atoms with Crippen molar-refractivity contribution in [1.29, 1.82) is 0 Å². The van der Waals surface area contributed by atoms with Crippen molar-refractivity contribution in [2.45, 2.75) is 13.0 Å². The van der Waals surface area contributed by atoms with E-state index in [0.717, 1.165) is 22.0 Å². The molecule has 2 N–H and O–H groups in total. The Morgan fingerprint density at radius 1 is 1.24 bits per heavy atom. The van der Waals surface area contributed by atoms with Gasteiger partial charge in [-0.05, 0) is 68.6 Å². The smallest absolute Gasteiger partial charge is 0.170 e. The lowest BCUT2D eigenvalue weighted by Gasteiger charge is -2.26. The maximum Gasteiger partial charge on any atom is 0.170 e. The first-order valence-corrected chi connectivity index (χ1v) is 8.81. The monoisotopic (exact) mass is 377 g/mol. The number of thiocarbonyl (C=S) groups is 1. The highest BCUT2D eigenvalue weighted by Gasteiger charge is 2.15. The van der Waals surface area contributed by atoms with Gasteiger partial charge in [0.1, 0.15) is 5.75 Å². The lowest BCUT2D eigenvalue weighted by molar-refractivity contribution is 0.298. The van der Waals surface area contributed by atoms with Gasteiger partial charge in [-0.25, -0.2) is 0 Å². The van der Waals surface area contributed by atoms with Crippen LogP contribution in [0.25, 0.3) is 0 Å². The zero-order chi connectivity index (χ0) is 18.4. The summed E-state index contributed by atoms with van der Waals surface area (Å²) in [6.07, 6.45) is 0. The number of anilines is 1. The largest absolute Gasteiger partial charge is 0.497 e. The van der Waals surface area contributed by atoms with Crippen LogP contribution >= 0.6 is 23.8 Å². The fourth-order valence-electron chi connectivity index (χ4n) is 2.55. The predicted molar refractivity (Wildman–Crippen MR) is 110 cm³/mol. The Morgan fingerprint density at radius 3 is 2.64 bits per heavy atom. The van der Waals surface area contributed by atoms with Gasteiger partial charge in [0.05, 0.1) is 13.2 Å². The molecule has 25 heavy (non-hydrogen) atoms. The molecule has 2 aromatic carbocycles. The maximum absolute atomic E-state index is 6.15. The first-order valence-electron chi connectivity index (χ1n) is 8.02. The standard InChI is InChI=1S/C19H24ClN3OS/c1-13-16(20)9-6-10-17(13)22-19(25)21-12-18(23(2)3)14-7-5-8-15(11-14)24-4/h5-11,18H,12H2,1-4H3,(H2,21,22,25)/t18-/m0/s1. The van der Waals surface area contributed by atoms with Crippen molar-refractivity contribution in [3.05, 3.63) is 58.6 Å². The summed E-state index contributed by atoms with van der Waals surface area (Å²) < 4.78 is 5.32. The van der Waals surface area contributed by atoms with Gasteiger partial charge in [0.2, 0.25) is 0 Å². The number of benzene rings is 2. The van der Waals surface area contributed by atoms with Crippen LogP contribution in [0, 0.1) is 6.92 Å². The molecule has 0 heterocycles. The van der Waals surface area contributed by atoms with E-state index < -0.39 is 0 Å². The van der Waals surface area contributed by atoms with Gasteiger partial charge in [-0.2, -0.15) is 0 Å². The molecule has 134 valence electrons. The summed E-state index contributed by atoms with van der Waals surface area (Å²) in [7, 11) is 5.77. The Labute approximate surface area is 160 Å². The molecular weight excluding hydrogens is 354 g/mol. The Balaban J connectivity index is 2.03. The van der Waals surface area contributed by atoms with E-state index in [1.807, 2.05) is 57.4 Å². The topological polar surface area (TPSA) is 36.5 Å². The van der Waals surface area contributed by atoms with Gasteiger partial charge in [0, 0.05) is 17.3 Å². The second kappa shape index (κ2) is 9.04. The zero-order valence-electron chi connectivity index (χ0n) is 15.0. The summed E-state index contributed by atoms with van der Waals surface area (Å²) in [5, 5.41) is 7.79. The van der Waals surface area contributed by atoms with Crippen LogP contribution in [0.1, 0.15) is 17.2 Å². The highest BCUT2D eigenvalue weighted by molar-refractivity contribution is 7.80. The van der Waals surface area contributed by atoms with Crippen molar-refractivity contribution in [2.75, 3.05) is 33.1 Å². The molecule has 0 unspecified atom stereocenters. The van der Waals surface area contributed by atoms with Crippen molar-refractivity contribution in [1.82, 2.24) is 10.2 Å². The molecule has 0 aliphatic heterocycles. The Kier molecular flexibility index (Phi) is 7.05. The van der Waals surface area contributed by atoms with E-state index in [2.05, 4.69) is 21.6 Å². The number of methoxy groups -OCH3 is 1. The molecule has 0 radical (unpaired) electrons. The number of hydrogen-bond donors (Lipinski definition) is 2. The molecule has 0 aliphatic rings. The third-order valence-electron chi connectivity index (χ3n) is 4.07. The number of likely N-dealkylation sites (N-methyl/N-ethyl adjacent to an activating group) is 1. The number of halogens is 1. The fraction of sp³-hybridized carbons (Fsp3) is 0.316. The lowest BCUT2D eigenvalue weighted by Crippen LogP contribution is -2.36. The molecule has 0 bridgehead atoms. The van der Waals surface area contributed by atoms with E-state index in [-0.39, 0.29) is 6.04 Å². The third kappa shape index (κ3) is 5.33. The maximum atomic E-state index is 6.15. The van der Waals surface area contributed by atoms with E-state index in [1.165, 1.54) is 5.56 Å². The Hall–Kier alpha value is -1.82. The molecule has 2 rings (SSSR count). The van der Waals surface area contributed by atoms with Crippen LogP contribution in [0.4, 0.5) is 5.69 Å². The minimum atomic E-state index is 0.162. The number of nitrogens with zero attached hydrogens (tertiary/aromatic N) is 1. The van der Waals surface area contributed by atoms with Crippen LogP contribution in [0.5, 0.6) is 5.75 Å². The molecule has 6 heteroatoms. The second-order valence-corrected chi connectivity index (χ2v) is 6.82. The van der Waals surface area contributed by atoms with Crippen molar-refractivity contribution in [3.63, 3.8) is 0 Å². The minimum absolute atomic E-state index is 0.162. The third-order valence-corrected chi connectivity index (χ3v) is 4.73. The average Bonchev–Trinajstić information content (AvgIpc) is 2.59. The first kappa shape index (κ1) is 19.5. The normalized spacial score (nSPS) is 11.9. The van der Waals surface area contributed by atoms with E-state index in [0.29, 0.717) is 11.7 Å². The van der Waals surface area contributed by atoms with E-state index >= 15 is 0 Å². The Morgan fingerprint density at radius 2 is 1.96 bits per heavy atom. The number of ether oxygens (including phenoxy) is 1. The highest BCUT2D eigenvalue weighted by Crippen LogP contribution is 2.24. The van der Waals surface area contributed by atoms with Gasteiger partial charge in [-0.15, -0.1) is 0 Å². The van der Waals surface area contributed by atoms with Crippen LogP contribution in [0.15, 0.2) is 42.5 Å². The molecular formula is C19H24ClN3OS. The minimum Gasteiger partial charge on any atom is -0.497 e. The summed E-state index contributed by atoms with van der Waals surface area (Å²) in [5.41, 5.74) is 3.05. The molecule has 0 aliphatic carbocycles. The van der Waals surface area contributed by atoms with E-state index in [9.17, 15) is 0 Å². The van der Waals surface area contributed by atoms with Crippen molar-refractivity contribution < 1.29 is 4.74 Å². The molecule has 0 amide bonds. The van der Waals surface area contributed by atoms with Crippen molar-refractivity contribution in [3.8, 4) is 5.75 Å². The van der Waals surface area contributed by atoms with E-state index in [1.54, 1.807) is 7.11 Å².